The number of halogens is 1. The highest BCUT2D eigenvalue weighted by Crippen LogP contribution is 2.30. The van der Waals surface area contributed by atoms with E-state index < -0.39 is 0 Å². The fourth-order valence-electron chi connectivity index (χ4n) is 2.77. The van der Waals surface area contributed by atoms with Gasteiger partial charge in [0.05, 0.1) is 6.54 Å². The van der Waals surface area contributed by atoms with Gasteiger partial charge in [0, 0.05) is 25.6 Å². The summed E-state index contributed by atoms with van der Waals surface area (Å²) in [6.45, 7) is 8.18. The molecule has 5 nitrogen and oxygen atoms in total. The number of benzene rings is 1. The lowest BCUT2D eigenvalue weighted by Gasteiger charge is -2.33. The molecular weight excluding hydrogens is 427 g/mol. The molecular formula is C19H33IN4O. The number of hydrogen-bond donors (Lipinski definition) is 3. The van der Waals surface area contributed by atoms with Gasteiger partial charge in [0.2, 0.25) is 5.91 Å². The Morgan fingerprint density at radius 1 is 1.04 bits per heavy atom. The first-order valence-corrected chi connectivity index (χ1v) is 8.88. The SMILES string of the molecule is CCCNC(=O)CNC(=NC)NCC(CC)(CC)c1ccccc1.I. The van der Waals surface area contributed by atoms with E-state index in [2.05, 4.69) is 59.1 Å². The molecule has 0 bridgehead atoms. The molecule has 1 aromatic rings. The number of rotatable bonds is 9. The minimum atomic E-state index is -0.0138. The van der Waals surface area contributed by atoms with E-state index >= 15 is 0 Å². The second kappa shape index (κ2) is 13.0. The summed E-state index contributed by atoms with van der Waals surface area (Å²) in [6.07, 6.45) is 3.01. The molecule has 0 aliphatic heterocycles. The Labute approximate surface area is 169 Å². The zero-order valence-electron chi connectivity index (χ0n) is 15.9. The summed E-state index contributed by atoms with van der Waals surface area (Å²) in [5.41, 5.74) is 1.39. The van der Waals surface area contributed by atoms with Gasteiger partial charge >= 0.3 is 0 Å². The van der Waals surface area contributed by atoms with Crippen molar-refractivity contribution in [1.29, 1.82) is 0 Å². The average molecular weight is 460 g/mol. The van der Waals surface area contributed by atoms with Gasteiger partial charge in [-0.25, -0.2) is 0 Å². The molecule has 0 unspecified atom stereocenters. The molecule has 0 aliphatic rings. The lowest BCUT2D eigenvalue weighted by atomic mass is 9.76. The Kier molecular flexibility index (Phi) is 12.3. The van der Waals surface area contributed by atoms with E-state index in [-0.39, 0.29) is 41.8 Å². The topological polar surface area (TPSA) is 65.5 Å². The lowest BCUT2D eigenvalue weighted by Crippen LogP contribution is -2.47. The molecule has 1 aromatic carbocycles. The number of nitrogens with zero attached hydrogens (tertiary/aromatic N) is 1. The van der Waals surface area contributed by atoms with Crippen molar-refractivity contribution in [2.75, 3.05) is 26.7 Å². The molecule has 0 aromatic heterocycles. The quantitative estimate of drug-likeness (QED) is 0.302. The average Bonchev–Trinajstić information content (AvgIpc) is 2.64. The van der Waals surface area contributed by atoms with Crippen LogP contribution in [0.5, 0.6) is 0 Å². The summed E-state index contributed by atoms with van der Waals surface area (Å²) in [6, 6.07) is 10.6. The van der Waals surface area contributed by atoms with Crippen LogP contribution in [0.1, 0.15) is 45.6 Å². The van der Waals surface area contributed by atoms with E-state index in [0.717, 1.165) is 25.8 Å². The summed E-state index contributed by atoms with van der Waals surface area (Å²) >= 11 is 0. The first-order chi connectivity index (χ1) is 11.6. The first-order valence-electron chi connectivity index (χ1n) is 8.88. The van der Waals surface area contributed by atoms with Crippen LogP contribution < -0.4 is 16.0 Å². The molecule has 142 valence electrons. The van der Waals surface area contributed by atoms with E-state index in [9.17, 15) is 4.79 Å². The Bertz CT molecular complexity index is 515. The molecule has 3 N–H and O–H groups in total. The normalized spacial score (nSPS) is 11.4. The molecule has 0 saturated heterocycles. The number of carbonyl (C=O) groups excluding carboxylic acids is 1. The number of hydrogen-bond acceptors (Lipinski definition) is 2. The van der Waals surface area contributed by atoms with Crippen LogP contribution in [0, 0.1) is 0 Å². The number of nitrogens with one attached hydrogen (secondary N) is 3. The maximum atomic E-state index is 11.7. The monoisotopic (exact) mass is 460 g/mol. The van der Waals surface area contributed by atoms with Gasteiger partial charge in [-0.05, 0) is 24.8 Å². The summed E-state index contributed by atoms with van der Waals surface area (Å²) < 4.78 is 0. The van der Waals surface area contributed by atoms with Gasteiger partial charge in [-0.1, -0.05) is 51.1 Å². The van der Waals surface area contributed by atoms with Crippen molar-refractivity contribution in [3.8, 4) is 0 Å². The van der Waals surface area contributed by atoms with Crippen LogP contribution in [0.2, 0.25) is 0 Å². The fraction of sp³-hybridized carbons (Fsp3) is 0.579. The molecule has 0 fully saturated rings. The second-order valence-electron chi connectivity index (χ2n) is 5.98. The van der Waals surface area contributed by atoms with Crippen LogP contribution in [0.25, 0.3) is 0 Å². The Morgan fingerprint density at radius 3 is 2.20 bits per heavy atom. The Balaban J connectivity index is 0.00000576. The fourth-order valence-corrected chi connectivity index (χ4v) is 2.77. The van der Waals surface area contributed by atoms with Crippen molar-refractivity contribution >= 4 is 35.8 Å². The molecule has 6 heteroatoms. The number of amides is 1. The van der Waals surface area contributed by atoms with Crippen LogP contribution in [0.3, 0.4) is 0 Å². The van der Waals surface area contributed by atoms with Gasteiger partial charge in [0.25, 0.3) is 0 Å². The highest BCUT2D eigenvalue weighted by atomic mass is 127. The third kappa shape index (κ3) is 7.63. The van der Waals surface area contributed by atoms with E-state index in [4.69, 9.17) is 0 Å². The molecule has 1 rings (SSSR count). The zero-order chi connectivity index (χ0) is 17.8. The van der Waals surface area contributed by atoms with Crippen molar-refractivity contribution in [2.24, 2.45) is 4.99 Å². The molecule has 25 heavy (non-hydrogen) atoms. The highest BCUT2D eigenvalue weighted by Gasteiger charge is 2.28. The predicted molar refractivity (Wildman–Crippen MR) is 117 cm³/mol. The van der Waals surface area contributed by atoms with Crippen LogP contribution in [0.15, 0.2) is 35.3 Å². The van der Waals surface area contributed by atoms with Gasteiger partial charge in [-0.3, -0.25) is 9.79 Å². The van der Waals surface area contributed by atoms with E-state index in [0.29, 0.717) is 12.5 Å². The van der Waals surface area contributed by atoms with Crippen LogP contribution in [-0.4, -0.2) is 38.5 Å². The smallest absolute Gasteiger partial charge is 0.239 e. The van der Waals surface area contributed by atoms with E-state index in [1.165, 1.54) is 5.56 Å². The number of carbonyl (C=O) groups is 1. The zero-order valence-corrected chi connectivity index (χ0v) is 18.2. The number of guanidine groups is 1. The van der Waals surface area contributed by atoms with Crippen LogP contribution in [-0.2, 0) is 10.2 Å². The molecule has 0 radical (unpaired) electrons. The maximum absolute atomic E-state index is 11.7. The van der Waals surface area contributed by atoms with Crippen molar-refractivity contribution in [2.45, 2.75) is 45.4 Å². The minimum Gasteiger partial charge on any atom is -0.356 e. The summed E-state index contributed by atoms with van der Waals surface area (Å²) in [4.78, 5) is 15.9. The predicted octanol–water partition coefficient (Wildman–Crippen LogP) is 3.05. The highest BCUT2D eigenvalue weighted by molar-refractivity contribution is 14.0. The van der Waals surface area contributed by atoms with Gasteiger partial charge in [-0.15, -0.1) is 24.0 Å². The van der Waals surface area contributed by atoms with Crippen molar-refractivity contribution in [3.63, 3.8) is 0 Å². The van der Waals surface area contributed by atoms with Crippen LogP contribution in [0.4, 0.5) is 0 Å². The van der Waals surface area contributed by atoms with E-state index in [1.807, 2.05) is 13.0 Å². The lowest BCUT2D eigenvalue weighted by molar-refractivity contribution is -0.120. The molecule has 0 heterocycles. The van der Waals surface area contributed by atoms with E-state index in [1.54, 1.807) is 7.05 Å². The summed E-state index contributed by atoms with van der Waals surface area (Å²) in [5.74, 6) is 0.643. The van der Waals surface area contributed by atoms with Gasteiger partial charge in [0.15, 0.2) is 5.96 Å². The molecule has 1 amide bonds. The maximum Gasteiger partial charge on any atom is 0.239 e. The minimum absolute atomic E-state index is 0. The van der Waals surface area contributed by atoms with Crippen molar-refractivity contribution in [3.05, 3.63) is 35.9 Å². The first kappa shape index (κ1) is 23.7. The third-order valence-electron chi connectivity index (χ3n) is 4.55. The summed E-state index contributed by atoms with van der Waals surface area (Å²) in [5, 5.41) is 9.31. The molecule has 0 spiro atoms. The Morgan fingerprint density at radius 2 is 1.68 bits per heavy atom. The van der Waals surface area contributed by atoms with Gasteiger partial charge in [-0.2, -0.15) is 0 Å². The van der Waals surface area contributed by atoms with Crippen molar-refractivity contribution in [1.82, 2.24) is 16.0 Å². The Hall–Kier alpha value is -1.31. The largest absolute Gasteiger partial charge is 0.356 e. The standard InChI is InChI=1S/C19H32N4O.HI/c1-5-13-21-17(24)14-22-18(20-4)23-15-19(6-2,7-3)16-11-9-8-10-12-16;/h8-12H,5-7,13-15H2,1-4H3,(H,21,24)(H2,20,22,23);1H. The second-order valence-corrected chi connectivity index (χ2v) is 5.98. The molecule has 0 atom stereocenters. The van der Waals surface area contributed by atoms with Crippen LogP contribution >= 0.6 is 24.0 Å². The summed E-state index contributed by atoms with van der Waals surface area (Å²) in [7, 11) is 1.72. The van der Waals surface area contributed by atoms with Gasteiger partial charge < -0.3 is 16.0 Å². The van der Waals surface area contributed by atoms with Gasteiger partial charge in [0.1, 0.15) is 0 Å². The molecule has 0 saturated carbocycles. The number of aliphatic imine (C=N–C) groups is 1. The van der Waals surface area contributed by atoms with Crippen molar-refractivity contribution < 1.29 is 4.79 Å². The molecule has 0 aliphatic carbocycles. The third-order valence-corrected chi connectivity index (χ3v) is 4.55.